The predicted molar refractivity (Wildman–Crippen MR) is 81.0 cm³/mol. The molecule has 1 rings (SSSR count). The van der Waals surface area contributed by atoms with Crippen LogP contribution >= 0.6 is 0 Å². The fourth-order valence-electron chi connectivity index (χ4n) is 3.15. The third kappa shape index (κ3) is 6.19. The van der Waals surface area contributed by atoms with Gasteiger partial charge in [-0.05, 0) is 45.1 Å². The van der Waals surface area contributed by atoms with Gasteiger partial charge in [-0.2, -0.15) is 0 Å². The van der Waals surface area contributed by atoms with Gasteiger partial charge >= 0.3 is 0 Å². The number of nitrogens with one attached hydrogen (secondary N) is 1. The third-order valence-electron chi connectivity index (χ3n) is 4.40. The second kappa shape index (κ2) is 8.16. The Morgan fingerprint density at radius 2 is 1.94 bits per heavy atom. The molecule has 1 fully saturated rings. The molecule has 18 heavy (non-hydrogen) atoms. The summed E-state index contributed by atoms with van der Waals surface area (Å²) in [6, 6.07) is 1.49. The molecular formula is C16H34N2. The zero-order valence-corrected chi connectivity index (χ0v) is 13.2. The SMILES string of the molecule is CC(C)CC(C)N(C)CCNC1CCCC(C)C1. The topological polar surface area (TPSA) is 15.3 Å². The summed E-state index contributed by atoms with van der Waals surface area (Å²) < 4.78 is 0. The largest absolute Gasteiger partial charge is 0.313 e. The quantitative estimate of drug-likeness (QED) is 0.748. The molecule has 2 nitrogen and oxygen atoms in total. The number of hydrogen-bond acceptors (Lipinski definition) is 2. The van der Waals surface area contributed by atoms with Crippen molar-refractivity contribution in [2.45, 2.75) is 71.9 Å². The molecule has 0 saturated heterocycles. The highest BCUT2D eigenvalue weighted by molar-refractivity contribution is 4.76. The first-order chi connectivity index (χ1) is 8.49. The van der Waals surface area contributed by atoms with Gasteiger partial charge in [0.05, 0.1) is 0 Å². The van der Waals surface area contributed by atoms with Gasteiger partial charge in [-0.1, -0.05) is 33.6 Å². The van der Waals surface area contributed by atoms with Crippen molar-refractivity contribution >= 4 is 0 Å². The zero-order valence-electron chi connectivity index (χ0n) is 13.2. The fraction of sp³-hybridized carbons (Fsp3) is 1.00. The predicted octanol–water partition coefficient (Wildman–Crippen LogP) is 3.52. The number of likely N-dealkylation sites (N-methyl/N-ethyl adjacent to an activating group) is 1. The maximum absolute atomic E-state index is 3.75. The van der Waals surface area contributed by atoms with E-state index in [1.807, 2.05) is 0 Å². The maximum Gasteiger partial charge on any atom is 0.0107 e. The Labute approximate surface area is 115 Å². The van der Waals surface area contributed by atoms with E-state index in [2.05, 4.69) is 45.0 Å². The van der Waals surface area contributed by atoms with Crippen molar-refractivity contribution in [1.82, 2.24) is 10.2 Å². The Kier molecular flexibility index (Phi) is 7.25. The van der Waals surface area contributed by atoms with Crippen LogP contribution in [-0.2, 0) is 0 Å². The molecule has 0 aromatic rings. The minimum atomic E-state index is 0.706. The average molecular weight is 254 g/mol. The van der Waals surface area contributed by atoms with E-state index in [0.717, 1.165) is 24.4 Å². The van der Waals surface area contributed by atoms with Crippen LogP contribution in [0.4, 0.5) is 0 Å². The molecule has 108 valence electrons. The summed E-state index contributed by atoms with van der Waals surface area (Å²) in [4.78, 5) is 2.50. The summed E-state index contributed by atoms with van der Waals surface area (Å²) in [6.45, 7) is 11.7. The molecule has 3 atom stereocenters. The van der Waals surface area contributed by atoms with Gasteiger partial charge in [0, 0.05) is 25.2 Å². The van der Waals surface area contributed by atoms with Crippen LogP contribution in [0, 0.1) is 11.8 Å². The molecule has 1 aliphatic carbocycles. The standard InChI is InChI=1S/C16H34N2/c1-13(2)11-15(4)18(5)10-9-17-16-8-6-7-14(3)12-16/h13-17H,6-12H2,1-5H3. The van der Waals surface area contributed by atoms with Gasteiger partial charge in [-0.3, -0.25) is 0 Å². The first kappa shape index (κ1) is 16.0. The first-order valence-electron chi connectivity index (χ1n) is 7.92. The van der Waals surface area contributed by atoms with Gasteiger partial charge < -0.3 is 10.2 Å². The molecule has 0 radical (unpaired) electrons. The van der Waals surface area contributed by atoms with Crippen molar-refractivity contribution < 1.29 is 0 Å². The van der Waals surface area contributed by atoms with Crippen LogP contribution in [0.15, 0.2) is 0 Å². The van der Waals surface area contributed by atoms with Gasteiger partial charge in [0.25, 0.3) is 0 Å². The minimum absolute atomic E-state index is 0.706. The molecular weight excluding hydrogens is 220 g/mol. The lowest BCUT2D eigenvalue weighted by molar-refractivity contribution is 0.218. The van der Waals surface area contributed by atoms with Gasteiger partial charge in [0.2, 0.25) is 0 Å². The Bertz CT molecular complexity index is 215. The van der Waals surface area contributed by atoms with E-state index in [1.165, 1.54) is 38.6 Å². The van der Waals surface area contributed by atoms with Crippen molar-refractivity contribution in [3.8, 4) is 0 Å². The molecule has 3 unspecified atom stereocenters. The van der Waals surface area contributed by atoms with E-state index in [0.29, 0.717) is 6.04 Å². The molecule has 0 aliphatic heterocycles. The van der Waals surface area contributed by atoms with Crippen LogP contribution in [0.5, 0.6) is 0 Å². The number of rotatable bonds is 7. The molecule has 0 spiro atoms. The van der Waals surface area contributed by atoms with Crippen molar-refractivity contribution in [2.24, 2.45) is 11.8 Å². The Balaban J connectivity index is 2.12. The molecule has 0 bridgehead atoms. The molecule has 0 amide bonds. The van der Waals surface area contributed by atoms with Crippen molar-refractivity contribution in [3.05, 3.63) is 0 Å². The van der Waals surface area contributed by atoms with Gasteiger partial charge in [-0.15, -0.1) is 0 Å². The van der Waals surface area contributed by atoms with Crippen molar-refractivity contribution in [2.75, 3.05) is 20.1 Å². The highest BCUT2D eigenvalue weighted by atomic mass is 15.1. The number of hydrogen-bond donors (Lipinski definition) is 1. The maximum atomic E-state index is 3.75. The summed E-state index contributed by atoms with van der Waals surface area (Å²) in [7, 11) is 2.26. The first-order valence-corrected chi connectivity index (χ1v) is 7.92. The monoisotopic (exact) mass is 254 g/mol. The fourth-order valence-corrected chi connectivity index (χ4v) is 3.15. The Hall–Kier alpha value is -0.0800. The average Bonchev–Trinajstić information content (AvgIpc) is 2.28. The van der Waals surface area contributed by atoms with E-state index < -0.39 is 0 Å². The van der Waals surface area contributed by atoms with Crippen LogP contribution in [0.3, 0.4) is 0 Å². The highest BCUT2D eigenvalue weighted by Crippen LogP contribution is 2.23. The van der Waals surface area contributed by atoms with Crippen LogP contribution in [0.1, 0.15) is 59.8 Å². The molecule has 0 aromatic heterocycles. The van der Waals surface area contributed by atoms with E-state index in [-0.39, 0.29) is 0 Å². The van der Waals surface area contributed by atoms with Crippen LogP contribution in [0.25, 0.3) is 0 Å². The summed E-state index contributed by atoms with van der Waals surface area (Å²) in [5.41, 5.74) is 0. The Morgan fingerprint density at radius 1 is 1.22 bits per heavy atom. The van der Waals surface area contributed by atoms with E-state index in [1.54, 1.807) is 0 Å². The summed E-state index contributed by atoms with van der Waals surface area (Å²) in [5, 5.41) is 3.75. The van der Waals surface area contributed by atoms with E-state index >= 15 is 0 Å². The summed E-state index contributed by atoms with van der Waals surface area (Å²) >= 11 is 0. The van der Waals surface area contributed by atoms with Crippen LogP contribution in [-0.4, -0.2) is 37.1 Å². The molecule has 0 aromatic carbocycles. The molecule has 1 N–H and O–H groups in total. The lowest BCUT2D eigenvalue weighted by Crippen LogP contribution is -2.40. The minimum Gasteiger partial charge on any atom is -0.313 e. The van der Waals surface area contributed by atoms with Crippen molar-refractivity contribution in [3.63, 3.8) is 0 Å². The summed E-state index contributed by atoms with van der Waals surface area (Å²) in [6.07, 6.45) is 6.92. The van der Waals surface area contributed by atoms with Gasteiger partial charge in [0.1, 0.15) is 0 Å². The zero-order chi connectivity index (χ0) is 13.5. The summed E-state index contributed by atoms with van der Waals surface area (Å²) in [5.74, 6) is 1.73. The molecule has 1 saturated carbocycles. The highest BCUT2D eigenvalue weighted by Gasteiger charge is 2.18. The van der Waals surface area contributed by atoms with E-state index in [9.17, 15) is 0 Å². The smallest absolute Gasteiger partial charge is 0.0107 e. The third-order valence-corrected chi connectivity index (χ3v) is 4.40. The Morgan fingerprint density at radius 3 is 2.56 bits per heavy atom. The van der Waals surface area contributed by atoms with Gasteiger partial charge in [-0.25, -0.2) is 0 Å². The normalized spacial score (nSPS) is 26.8. The number of nitrogens with zero attached hydrogens (tertiary/aromatic N) is 1. The molecule has 1 aliphatic rings. The van der Waals surface area contributed by atoms with Gasteiger partial charge in [0.15, 0.2) is 0 Å². The second-order valence-electron chi connectivity index (χ2n) is 6.88. The second-order valence-corrected chi connectivity index (χ2v) is 6.88. The van der Waals surface area contributed by atoms with Crippen LogP contribution in [0.2, 0.25) is 0 Å². The lowest BCUT2D eigenvalue weighted by atomic mass is 9.87. The molecule has 2 heteroatoms. The van der Waals surface area contributed by atoms with E-state index in [4.69, 9.17) is 0 Å². The lowest BCUT2D eigenvalue weighted by Gasteiger charge is -2.30. The van der Waals surface area contributed by atoms with Crippen molar-refractivity contribution in [1.29, 1.82) is 0 Å². The molecule has 0 heterocycles. The van der Waals surface area contributed by atoms with Crippen LogP contribution < -0.4 is 5.32 Å².